The number of nitrogen functional groups attached to an aromatic ring is 4. The normalized spacial score (nSPS) is 26.1. The topological polar surface area (TPSA) is 595 Å². The number of aliphatic hydroxyl groups is 1. The number of esters is 1. The molecule has 9 saturated heterocycles. The van der Waals surface area contributed by atoms with E-state index in [1.165, 1.54) is 76.6 Å². The number of nitrogens with two attached hydrogens (primary N) is 5. The van der Waals surface area contributed by atoms with Crippen molar-refractivity contribution in [3.63, 3.8) is 0 Å². The van der Waals surface area contributed by atoms with Crippen molar-refractivity contribution in [1.29, 1.82) is 0 Å². The Morgan fingerprint density at radius 2 is 0.841 bits per heavy atom. The zero-order valence-electron chi connectivity index (χ0n) is 74.9. The van der Waals surface area contributed by atoms with Gasteiger partial charge in [0.25, 0.3) is 19.2 Å². The first kappa shape index (κ1) is 105. The van der Waals surface area contributed by atoms with E-state index < -0.39 is 79.2 Å². The van der Waals surface area contributed by atoms with Crippen LogP contribution in [0.4, 0.5) is 23.3 Å². The van der Waals surface area contributed by atoms with Gasteiger partial charge in [0.2, 0.25) is 0 Å². The number of hydrogen-bond donors (Lipinski definition) is 7. The van der Waals surface area contributed by atoms with Gasteiger partial charge in [-0.15, -0.1) is 0 Å². The summed E-state index contributed by atoms with van der Waals surface area (Å²) in [7, 11) is 0.482. The molecule has 0 amide bonds. The van der Waals surface area contributed by atoms with Crippen molar-refractivity contribution in [2.75, 3.05) is 81.0 Å². The Morgan fingerprint density at radius 1 is 0.515 bits per heavy atom. The number of methoxy groups -OCH3 is 1. The Morgan fingerprint density at radius 3 is 1.17 bits per heavy atom. The van der Waals surface area contributed by atoms with Crippen molar-refractivity contribution in [2.45, 2.75) is 267 Å². The van der Waals surface area contributed by atoms with Crippen LogP contribution in [0.2, 0.25) is 0 Å². The van der Waals surface area contributed by atoms with Gasteiger partial charge in [-0.25, -0.2) is 68.2 Å². The quantitative estimate of drug-likeness (QED) is 0.0103. The number of imidazole rings is 4. The van der Waals surface area contributed by atoms with Crippen molar-refractivity contribution in [3.05, 3.63) is 110 Å². The summed E-state index contributed by atoms with van der Waals surface area (Å²) in [6, 6.07) is 12.8. The maximum Gasteiger partial charge on any atom is 0.373 e. The molecule has 0 bridgehead atoms. The molecule has 9 aliphatic rings. The maximum absolute atomic E-state index is 12.6. The van der Waals surface area contributed by atoms with Gasteiger partial charge in [-0.3, -0.25) is 27.2 Å². The molecule has 12 N–H and O–H groups in total. The Hall–Kier alpha value is -9.07. The fraction of sp³-hybridized carbons (Fsp3) is 0.590. The lowest BCUT2D eigenvalue weighted by atomic mass is 10.1. The molecule has 45 nitrogen and oxygen atoms in total. The summed E-state index contributed by atoms with van der Waals surface area (Å²) in [4.78, 5) is 76.9. The molecule has 0 spiro atoms. The summed E-state index contributed by atoms with van der Waals surface area (Å²) < 4.78 is 142. The molecule has 10 aromatic rings. The molecule has 9 fully saturated rings. The molecule has 8 unspecified atom stereocenters. The fourth-order valence-electron chi connectivity index (χ4n) is 15.5. The molecule has 0 saturated carbocycles. The van der Waals surface area contributed by atoms with Crippen LogP contribution in [0.25, 0.3) is 44.7 Å². The third-order valence-corrected chi connectivity index (χ3v) is 24.8. The van der Waals surface area contributed by atoms with Crippen LogP contribution < -0.4 is 34.0 Å². The minimum atomic E-state index is -3.97. The summed E-state index contributed by atoms with van der Waals surface area (Å²) in [5, 5.41) is 13.0. The first-order valence-corrected chi connectivity index (χ1v) is 47.4. The monoisotopic (exact) mass is 2020 g/mol. The smallest absolute Gasteiger partial charge is 0.373 e. The molecule has 17 heterocycles. The molecule has 8 aromatic heterocycles. The molecule has 16 atom stereocenters. The van der Waals surface area contributed by atoms with Gasteiger partial charge < -0.3 is 105 Å². The van der Waals surface area contributed by atoms with Gasteiger partial charge in [-0.2, -0.15) is 18.0 Å². The second-order valence-corrected chi connectivity index (χ2v) is 37.8. The Kier molecular flexibility index (Phi) is 36.6. The number of anilines is 4. The minimum Gasteiger partial charge on any atom is -0.469 e. The summed E-state index contributed by atoms with van der Waals surface area (Å²) in [6.07, 6.45) is 13.8. The number of carbonyl (C=O) groups excluding carboxylic acids is 3. The molecule has 724 valence electrons. The van der Waals surface area contributed by atoms with Gasteiger partial charge in [0, 0.05) is 41.3 Å². The van der Waals surface area contributed by atoms with Crippen LogP contribution in [0.5, 0.6) is 0 Å². The Labute approximate surface area is 781 Å². The SMILES string of the molecule is C.C1CCOC1.CC1(C)O[C@@H]2C(CO)OC(n3cnc4c(N)ncnc43)[C@@H]2O1.CCC1OC(n2cnc3c(N)ncnc32)[C@@H]2OC(C)(C)O[C@H]12.CCCCNCC1OC(n2cnc3c(N)ncnc32)[C@@H]2OC(C)(C)O[C@H]12.CN.COC(=O)CCCI.Cc1ccc(S(=O)(=O)Cl)cc1.Cc1ccc(S(=O)(=O)OCC2OC(n3cnc4c(N)ncnc43)[C@@H]3OC(C)(C)O[C@H]23)cc1.O=C=O. The average Bonchev–Trinajstić information content (AvgIpc) is 1.60. The number of benzene rings is 2. The first-order chi connectivity index (χ1) is 62.4. The van der Waals surface area contributed by atoms with E-state index in [0.717, 1.165) is 61.0 Å². The predicted molar refractivity (Wildman–Crippen MR) is 486 cm³/mol. The van der Waals surface area contributed by atoms with E-state index in [9.17, 15) is 26.7 Å². The first-order valence-electron chi connectivity index (χ1n) is 42.2. The number of hydrogen-bond acceptors (Lipinski definition) is 41. The lowest BCUT2D eigenvalue weighted by Crippen LogP contribution is -2.37. The van der Waals surface area contributed by atoms with Crippen molar-refractivity contribution < 1.29 is 107 Å². The van der Waals surface area contributed by atoms with Crippen molar-refractivity contribution >= 4 is 132 Å². The minimum absolute atomic E-state index is 0. The average molecular weight is 2020 g/mol. The van der Waals surface area contributed by atoms with Crippen molar-refractivity contribution in [2.24, 2.45) is 5.73 Å². The van der Waals surface area contributed by atoms with Crippen LogP contribution in [0.1, 0.15) is 158 Å². The number of nitrogens with zero attached hydrogens (tertiary/aromatic N) is 16. The second kappa shape index (κ2) is 46.0. The standard InChI is InChI=1S/C20H23N5O6S.C17H26N6O3.C14H19N5O3.C13H17N5O4.C7H7ClO2S.C5H9IO2.C4H8O.CH5N.CO2.CH4/c1-11-4-6-12(7-5-11)32(26,27)28-8-13-15-16(31-20(2,3)30-15)19(29-13)25-10-24-14-17(21)22-9-23-18(14)25;1-4-5-6-19-7-10-12-13(26-17(2,3)25-12)16(24-10)23-9-22-11-14(18)20-8-21-15(11)23;1-4-7-9-10(22-14(2,3)21-9)13(20-7)19-6-18-8-11(15)16-5-17-12(8)19;1-13(2)21-8-6(3-19)20-12(9(8)22-13)18-5-17-7-10(14)15-4-16-11(7)18;1-6-2-4-7(5-3-6)11(8,9)10;1-8-5(7)3-2-4-6;1-2-4-5-3-1;1-2;2-1-3;/h4-7,9-10,13,15-16,19H,8H2,1-3H3,(H2,21,22,23);8-10,12-13,16,19H,4-7H2,1-3H3,(H2,18,20,21);5-7,9-10,13H,4H2,1-3H3,(H2,15,16,17);4-6,8-9,12,19H,3H2,1-2H3,(H2,14,15,16);2-5H,1H3;2-4H2,1H3;1-4H2;2H2,1H3;;1H4/t13?,15-,16-,19?;10?,12-,13-,16?;7?,9-,10-,13?;6?,8-,9-,12?;;;;;;/m1111....../s1. The number of ether oxygens (including phenoxy) is 14. The molecule has 0 aliphatic carbocycles. The largest absolute Gasteiger partial charge is 0.469 e. The highest BCUT2D eigenvalue weighted by molar-refractivity contribution is 14.1. The van der Waals surface area contributed by atoms with E-state index in [-0.39, 0.29) is 110 Å². The van der Waals surface area contributed by atoms with Gasteiger partial charge in [0.1, 0.15) is 115 Å². The number of unbranched alkanes of at least 4 members (excludes halogenated alkanes) is 1. The van der Waals surface area contributed by atoms with Gasteiger partial charge in [-0.1, -0.05) is 85.7 Å². The lowest BCUT2D eigenvalue weighted by Gasteiger charge is -2.25. The van der Waals surface area contributed by atoms with Crippen LogP contribution >= 0.6 is 33.3 Å². The number of aliphatic hydroxyl groups excluding tert-OH is 1. The highest BCUT2D eigenvalue weighted by Crippen LogP contribution is 2.49. The highest BCUT2D eigenvalue weighted by Gasteiger charge is 2.60. The van der Waals surface area contributed by atoms with Gasteiger partial charge in [0.15, 0.2) is 93.9 Å². The number of nitrogens with one attached hydrogen (secondary N) is 1. The third-order valence-electron chi connectivity index (χ3n) is 21.4. The van der Waals surface area contributed by atoms with E-state index in [1.54, 1.807) is 72.6 Å². The third kappa shape index (κ3) is 25.4. The number of aromatic nitrogens is 16. The molecule has 49 heteroatoms. The lowest BCUT2D eigenvalue weighted by molar-refractivity contribution is -0.199. The maximum atomic E-state index is 12.6. The van der Waals surface area contributed by atoms with Crippen molar-refractivity contribution in [3.8, 4) is 0 Å². The van der Waals surface area contributed by atoms with Crippen LogP contribution in [-0.4, -0.2) is 267 Å². The number of halogens is 2. The number of aryl methyl sites for hydroxylation is 2. The number of fused-ring (bicyclic) bond motifs is 8. The molecule has 19 rings (SSSR count). The predicted octanol–water partition coefficient (Wildman–Crippen LogP) is 7.53. The van der Waals surface area contributed by atoms with E-state index >= 15 is 0 Å². The molecular weight excluding hydrogens is 1900 g/mol. The van der Waals surface area contributed by atoms with Crippen LogP contribution in [-0.2, 0) is 104 Å². The van der Waals surface area contributed by atoms with E-state index in [0.29, 0.717) is 75.1 Å². The summed E-state index contributed by atoms with van der Waals surface area (Å²) in [6.45, 7) is 26.2. The molecule has 9 aliphatic heterocycles. The van der Waals surface area contributed by atoms with E-state index in [2.05, 4.69) is 112 Å². The molecule has 0 radical (unpaired) electrons. The number of alkyl halides is 1. The summed E-state index contributed by atoms with van der Waals surface area (Å²) in [5.41, 5.74) is 34.3. The zero-order valence-corrected chi connectivity index (χ0v) is 79.5. The molecule has 2 aromatic carbocycles. The number of carbonyl (C=O) groups is 1. The van der Waals surface area contributed by atoms with Gasteiger partial charge in [-0.05, 0) is 139 Å². The van der Waals surface area contributed by atoms with Crippen LogP contribution in [0.3, 0.4) is 0 Å². The van der Waals surface area contributed by atoms with Crippen molar-refractivity contribution in [1.82, 2.24) is 83.4 Å². The van der Waals surface area contributed by atoms with Gasteiger partial charge in [0.05, 0.1) is 61.5 Å². The second-order valence-electron chi connectivity index (χ2n) is 32.6. The number of rotatable bonds is 19. The van der Waals surface area contributed by atoms with E-state index in [1.807, 2.05) is 64.5 Å². The molecular formula is C83H118ClIN22O23S2. The Bertz CT molecular complexity index is 5570. The summed E-state index contributed by atoms with van der Waals surface area (Å²) >= 11 is 2.23. The van der Waals surface area contributed by atoms with Gasteiger partial charge >= 0.3 is 12.1 Å². The zero-order chi connectivity index (χ0) is 95.1. The Balaban J connectivity index is 0.000000166. The summed E-state index contributed by atoms with van der Waals surface area (Å²) in [5.74, 6) is -1.72. The molecule has 132 heavy (non-hydrogen) atoms. The van der Waals surface area contributed by atoms with Crippen LogP contribution in [0.15, 0.2) is 109 Å². The van der Waals surface area contributed by atoms with Crippen LogP contribution in [0, 0.1) is 13.8 Å². The highest BCUT2D eigenvalue weighted by atomic mass is 127. The van der Waals surface area contributed by atoms with E-state index in [4.69, 9.17) is 109 Å². The fourth-order valence-corrected chi connectivity index (χ4v) is 17.6.